The molecule has 6 nitrogen and oxygen atoms in total. The standard InChI is InChI=1S/C15H20N4O2S/c1-12(2)22(20,21)19-9-7-18(8-10-19)15-13-5-3-4-6-14(13)16-11-17-15/h3-6,11-12H,7-10H2,1-2H3. The lowest BCUT2D eigenvalue weighted by Gasteiger charge is -2.35. The lowest BCUT2D eigenvalue weighted by Crippen LogP contribution is -2.50. The number of hydrogen-bond donors (Lipinski definition) is 0. The van der Waals surface area contributed by atoms with E-state index in [0.29, 0.717) is 26.2 Å². The molecule has 1 saturated heterocycles. The van der Waals surface area contributed by atoms with Gasteiger partial charge >= 0.3 is 0 Å². The smallest absolute Gasteiger partial charge is 0.216 e. The van der Waals surface area contributed by atoms with Crippen molar-refractivity contribution >= 4 is 26.7 Å². The van der Waals surface area contributed by atoms with Gasteiger partial charge in [0.25, 0.3) is 0 Å². The third-order valence-corrected chi connectivity index (χ3v) is 6.29. The molecule has 0 amide bonds. The highest BCUT2D eigenvalue weighted by Gasteiger charge is 2.30. The summed E-state index contributed by atoms with van der Waals surface area (Å²) in [6.07, 6.45) is 1.56. The molecule has 1 fully saturated rings. The quantitative estimate of drug-likeness (QED) is 0.857. The van der Waals surface area contributed by atoms with E-state index in [0.717, 1.165) is 16.7 Å². The predicted octanol–water partition coefficient (Wildman–Crippen LogP) is 1.49. The first kappa shape index (κ1) is 15.2. The second-order valence-corrected chi connectivity index (χ2v) is 8.18. The topological polar surface area (TPSA) is 66.4 Å². The summed E-state index contributed by atoms with van der Waals surface area (Å²) < 4.78 is 26.0. The fourth-order valence-electron chi connectivity index (χ4n) is 2.70. The second-order valence-electron chi connectivity index (χ2n) is 5.69. The van der Waals surface area contributed by atoms with Crippen LogP contribution in [0.15, 0.2) is 30.6 Å². The van der Waals surface area contributed by atoms with Crippen LogP contribution in [-0.4, -0.2) is 54.1 Å². The highest BCUT2D eigenvalue weighted by molar-refractivity contribution is 7.89. The summed E-state index contributed by atoms with van der Waals surface area (Å²) >= 11 is 0. The van der Waals surface area contributed by atoms with Crippen molar-refractivity contribution in [3.63, 3.8) is 0 Å². The van der Waals surface area contributed by atoms with Gasteiger partial charge in [0.2, 0.25) is 10.0 Å². The van der Waals surface area contributed by atoms with Crippen molar-refractivity contribution in [1.29, 1.82) is 0 Å². The molecule has 0 unspecified atom stereocenters. The monoisotopic (exact) mass is 320 g/mol. The van der Waals surface area contributed by atoms with Crippen molar-refractivity contribution in [3.05, 3.63) is 30.6 Å². The van der Waals surface area contributed by atoms with Gasteiger partial charge in [-0.15, -0.1) is 0 Å². The lowest BCUT2D eigenvalue weighted by atomic mass is 10.2. The molecule has 22 heavy (non-hydrogen) atoms. The zero-order chi connectivity index (χ0) is 15.7. The van der Waals surface area contributed by atoms with Crippen LogP contribution in [-0.2, 0) is 10.0 Å². The Kier molecular flexibility index (Phi) is 4.01. The Balaban J connectivity index is 1.82. The van der Waals surface area contributed by atoms with Crippen molar-refractivity contribution in [2.24, 2.45) is 0 Å². The second kappa shape index (κ2) is 5.81. The summed E-state index contributed by atoms with van der Waals surface area (Å²) in [6, 6.07) is 7.88. The predicted molar refractivity (Wildman–Crippen MR) is 87.4 cm³/mol. The largest absolute Gasteiger partial charge is 0.353 e. The van der Waals surface area contributed by atoms with E-state index in [1.165, 1.54) is 0 Å². The van der Waals surface area contributed by atoms with Crippen molar-refractivity contribution in [1.82, 2.24) is 14.3 Å². The summed E-state index contributed by atoms with van der Waals surface area (Å²) in [7, 11) is -3.17. The molecule has 3 rings (SSSR count). The van der Waals surface area contributed by atoms with Gasteiger partial charge in [0.15, 0.2) is 0 Å². The lowest BCUT2D eigenvalue weighted by molar-refractivity contribution is 0.380. The number of rotatable bonds is 3. The molecule has 1 aromatic heterocycles. The number of nitrogens with zero attached hydrogens (tertiary/aromatic N) is 4. The fraction of sp³-hybridized carbons (Fsp3) is 0.467. The van der Waals surface area contributed by atoms with E-state index in [1.54, 1.807) is 24.5 Å². The molecule has 1 aromatic carbocycles. The number of benzene rings is 1. The Morgan fingerprint density at radius 1 is 1.05 bits per heavy atom. The first-order chi connectivity index (χ1) is 10.5. The van der Waals surface area contributed by atoms with E-state index < -0.39 is 10.0 Å². The molecular formula is C15H20N4O2S. The fourth-order valence-corrected chi connectivity index (χ4v) is 3.96. The summed E-state index contributed by atoms with van der Waals surface area (Å²) in [5, 5.41) is 0.629. The van der Waals surface area contributed by atoms with E-state index in [9.17, 15) is 8.42 Å². The maximum atomic E-state index is 12.2. The van der Waals surface area contributed by atoms with Gasteiger partial charge in [0.1, 0.15) is 12.1 Å². The number of anilines is 1. The summed E-state index contributed by atoms with van der Waals surface area (Å²) in [6.45, 7) is 5.73. The summed E-state index contributed by atoms with van der Waals surface area (Å²) in [5.41, 5.74) is 0.907. The first-order valence-corrected chi connectivity index (χ1v) is 8.94. The SMILES string of the molecule is CC(C)S(=O)(=O)N1CCN(c2ncnc3ccccc23)CC1. The van der Waals surface area contributed by atoms with Crippen LogP contribution in [0.1, 0.15) is 13.8 Å². The maximum Gasteiger partial charge on any atom is 0.216 e. The van der Waals surface area contributed by atoms with Gasteiger partial charge in [0.05, 0.1) is 10.8 Å². The molecule has 7 heteroatoms. The van der Waals surface area contributed by atoms with Crippen molar-refractivity contribution in [3.8, 4) is 0 Å². The van der Waals surface area contributed by atoms with Gasteiger partial charge in [-0.3, -0.25) is 0 Å². The Morgan fingerprint density at radius 2 is 1.73 bits per heavy atom. The van der Waals surface area contributed by atoms with Gasteiger partial charge in [-0.05, 0) is 26.0 Å². The highest BCUT2D eigenvalue weighted by atomic mass is 32.2. The van der Waals surface area contributed by atoms with Gasteiger partial charge in [-0.1, -0.05) is 12.1 Å². The third kappa shape index (κ3) is 2.66. The number of para-hydroxylation sites is 1. The van der Waals surface area contributed by atoms with Crippen LogP contribution >= 0.6 is 0 Å². The van der Waals surface area contributed by atoms with Crippen LogP contribution in [0.25, 0.3) is 10.9 Å². The van der Waals surface area contributed by atoms with Crippen molar-refractivity contribution in [2.75, 3.05) is 31.1 Å². The first-order valence-electron chi connectivity index (χ1n) is 7.44. The zero-order valence-electron chi connectivity index (χ0n) is 12.8. The van der Waals surface area contributed by atoms with Gasteiger partial charge in [-0.25, -0.2) is 18.4 Å². The molecule has 0 atom stereocenters. The molecule has 0 aliphatic carbocycles. The molecule has 0 bridgehead atoms. The highest BCUT2D eigenvalue weighted by Crippen LogP contribution is 2.24. The van der Waals surface area contributed by atoms with Crippen LogP contribution in [0.2, 0.25) is 0 Å². The summed E-state index contributed by atoms with van der Waals surface area (Å²) in [5.74, 6) is 0.882. The molecule has 2 heterocycles. The summed E-state index contributed by atoms with van der Waals surface area (Å²) in [4.78, 5) is 10.8. The van der Waals surface area contributed by atoms with Crippen LogP contribution in [0.5, 0.6) is 0 Å². The number of hydrogen-bond acceptors (Lipinski definition) is 5. The number of fused-ring (bicyclic) bond motifs is 1. The van der Waals surface area contributed by atoms with E-state index in [2.05, 4.69) is 14.9 Å². The van der Waals surface area contributed by atoms with Crippen LogP contribution in [0.3, 0.4) is 0 Å². The Bertz CT molecular complexity index is 763. The molecule has 0 saturated carbocycles. The molecule has 1 aliphatic rings. The number of sulfonamides is 1. The minimum absolute atomic E-state index is 0.376. The van der Waals surface area contributed by atoms with Gasteiger partial charge in [0, 0.05) is 31.6 Å². The van der Waals surface area contributed by atoms with Gasteiger partial charge < -0.3 is 4.90 Å². The minimum Gasteiger partial charge on any atom is -0.353 e. The third-order valence-electron chi connectivity index (χ3n) is 4.02. The van der Waals surface area contributed by atoms with Crippen molar-refractivity contribution < 1.29 is 8.42 Å². The Morgan fingerprint density at radius 3 is 2.41 bits per heavy atom. The Hall–Kier alpha value is -1.73. The van der Waals surface area contributed by atoms with E-state index in [1.807, 2.05) is 24.3 Å². The average Bonchev–Trinajstić information content (AvgIpc) is 2.54. The maximum absolute atomic E-state index is 12.2. The minimum atomic E-state index is -3.17. The average molecular weight is 320 g/mol. The molecule has 0 N–H and O–H groups in total. The number of piperazine rings is 1. The van der Waals surface area contributed by atoms with Crippen LogP contribution in [0, 0.1) is 0 Å². The zero-order valence-corrected chi connectivity index (χ0v) is 13.6. The normalized spacial score (nSPS) is 17.3. The number of aromatic nitrogens is 2. The molecule has 1 aliphatic heterocycles. The van der Waals surface area contributed by atoms with Gasteiger partial charge in [-0.2, -0.15) is 4.31 Å². The van der Waals surface area contributed by atoms with Crippen molar-refractivity contribution in [2.45, 2.75) is 19.1 Å². The van der Waals surface area contributed by atoms with Crippen LogP contribution < -0.4 is 4.90 Å². The molecule has 2 aromatic rings. The molecule has 0 spiro atoms. The van der Waals surface area contributed by atoms with Crippen LogP contribution in [0.4, 0.5) is 5.82 Å². The van der Waals surface area contributed by atoms with E-state index in [4.69, 9.17) is 0 Å². The van der Waals surface area contributed by atoms with E-state index >= 15 is 0 Å². The molecule has 118 valence electrons. The Labute approximate surface area is 130 Å². The molecule has 0 radical (unpaired) electrons. The molecular weight excluding hydrogens is 300 g/mol. The van der Waals surface area contributed by atoms with E-state index in [-0.39, 0.29) is 5.25 Å².